The van der Waals surface area contributed by atoms with Crippen LogP contribution in [-0.4, -0.2) is 61.0 Å². The number of ether oxygens (including phenoxy) is 1. The number of hydrogen-bond donors (Lipinski definition) is 0. The summed E-state index contributed by atoms with van der Waals surface area (Å²) in [6.07, 6.45) is 2.77. The van der Waals surface area contributed by atoms with E-state index in [9.17, 15) is 9.59 Å². The van der Waals surface area contributed by atoms with Crippen LogP contribution < -0.4 is 0 Å². The summed E-state index contributed by atoms with van der Waals surface area (Å²) in [5.74, 6) is 0.341. The van der Waals surface area contributed by atoms with E-state index < -0.39 is 5.41 Å². The minimum absolute atomic E-state index is 0.165. The molecule has 2 aromatic rings. The monoisotopic (exact) mass is 420 g/mol. The zero-order chi connectivity index (χ0) is 21.7. The van der Waals surface area contributed by atoms with Gasteiger partial charge >= 0.3 is 0 Å². The summed E-state index contributed by atoms with van der Waals surface area (Å²) in [7, 11) is 0. The third kappa shape index (κ3) is 4.82. The number of likely N-dealkylation sites (tertiary alicyclic amines) is 1. The smallest absolute Gasteiger partial charge is 0.231 e. The maximum atomic E-state index is 13.7. The standard InChI is InChI=1S/C26H32N2O3/c1-2-6-24(29)28-14-13-26(20-28,25(30)27-15-17-31-18-16-27)19-21-9-11-23(12-10-21)22-7-4-3-5-8-22/h3-5,7-12H,2,6,13-20H2,1H3/t26-/m0/s1. The summed E-state index contributed by atoms with van der Waals surface area (Å²) >= 11 is 0. The summed E-state index contributed by atoms with van der Waals surface area (Å²) in [6, 6.07) is 18.8. The van der Waals surface area contributed by atoms with Crippen molar-refractivity contribution in [1.29, 1.82) is 0 Å². The van der Waals surface area contributed by atoms with E-state index in [1.165, 1.54) is 11.1 Å². The topological polar surface area (TPSA) is 49.9 Å². The van der Waals surface area contributed by atoms with Crippen molar-refractivity contribution in [2.75, 3.05) is 39.4 Å². The molecule has 2 aliphatic heterocycles. The van der Waals surface area contributed by atoms with Crippen LogP contribution >= 0.6 is 0 Å². The first kappa shape index (κ1) is 21.6. The molecule has 2 fully saturated rings. The molecule has 0 spiro atoms. The highest BCUT2D eigenvalue weighted by molar-refractivity contribution is 5.86. The zero-order valence-electron chi connectivity index (χ0n) is 18.4. The molecule has 0 aliphatic carbocycles. The number of morpholine rings is 1. The summed E-state index contributed by atoms with van der Waals surface area (Å²) in [4.78, 5) is 30.1. The van der Waals surface area contributed by atoms with Crippen molar-refractivity contribution in [2.45, 2.75) is 32.6 Å². The van der Waals surface area contributed by atoms with Crippen LogP contribution in [0.5, 0.6) is 0 Å². The third-order valence-electron chi connectivity index (χ3n) is 6.53. The minimum atomic E-state index is -0.547. The van der Waals surface area contributed by atoms with Crippen LogP contribution in [0, 0.1) is 5.41 Å². The van der Waals surface area contributed by atoms with Gasteiger partial charge in [0, 0.05) is 32.6 Å². The average molecular weight is 421 g/mol. The van der Waals surface area contributed by atoms with E-state index in [2.05, 4.69) is 36.4 Å². The lowest BCUT2D eigenvalue weighted by Crippen LogP contribution is -2.51. The molecule has 0 aromatic heterocycles. The molecule has 2 heterocycles. The zero-order valence-corrected chi connectivity index (χ0v) is 18.4. The van der Waals surface area contributed by atoms with E-state index in [1.54, 1.807) is 0 Å². The second-order valence-corrected chi connectivity index (χ2v) is 8.74. The summed E-state index contributed by atoms with van der Waals surface area (Å²) in [5.41, 5.74) is 2.95. The quantitative estimate of drug-likeness (QED) is 0.715. The molecule has 1 atom stereocenters. The van der Waals surface area contributed by atoms with Crippen molar-refractivity contribution in [3.8, 4) is 11.1 Å². The number of benzene rings is 2. The lowest BCUT2D eigenvalue weighted by atomic mass is 9.79. The van der Waals surface area contributed by atoms with Gasteiger partial charge in [-0.1, -0.05) is 61.5 Å². The second-order valence-electron chi connectivity index (χ2n) is 8.74. The van der Waals surface area contributed by atoms with Gasteiger partial charge in [-0.2, -0.15) is 0 Å². The fourth-order valence-corrected chi connectivity index (χ4v) is 4.79. The molecule has 0 bridgehead atoms. The molecule has 2 saturated heterocycles. The molecule has 5 nitrogen and oxygen atoms in total. The van der Waals surface area contributed by atoms with Gasteiger partial charge in [-0.15, -0.1) is 0 Å². The predicted octanol–water partition coefficient (Wildman–Crippen LogP) is 3.77. The highest BCUT2D eigenvalue weighted by Gasteiger charge is 2.47. The molecule has 0 radical (unpaired) electrons. The van der Waals surface area contributed by atoms with Gasteiger partial charge < -0.3 is 14.5 Å². The van der Waals surface area contributed by atoms with Gasteiger partial charge in [-0.25, -0.2) is 0 Å². The highest BCUT2D eigenvalue weighted by atomic mass is 16.5. The largest absolute Gasteiger partial charge is 0.378 e. The van der Waals surface area contributed by atoms with E-state index in [1.807, 2.05) is 34.9 Å². The Kier molecular flexibility index (Phi) is 6.71. The molecule has 2 amide bonds. The minimum Gasteiger partial charge on any atom is -0.378 e. The Labute approximate surface area is 185 Å². The van der Waals surface area contributed by atoms with Gasteiger partial charge in [0.25, 0.3) is 0 Å². The molecule has 5 heteroatoms. The number of hydrogen-bond acceptors (Lipinski definition) is 3. The van der Waals surface area contributed by atoms with Crippen LogP contribution in [0.4, 0.5) is 0 Å². The Morgan fingerprint density at radius 3 is 2.26 bits per heavy atom. The molecule has 2 aromatic carbocycles. The maximum absolute atomic E-state index is 13.7. The first-order valence-electron chi connectivity index (χ1n) is 11.4. The van der Waals surface area contributed by atoms with Crippen LogP contribution in [0.2, 0.25) is 0 Å². The molecule has 164 valence electrons. The summed E-state index contributed by atoms with van der Waals surface area (Å²) in [6.45, 7) is 5.65. The Morgan fingerprint density at radius 2 is 1.58 bits per heavy atom. The third-order valence-corrected chi connectivity index (χ3v) is 6.53. The number of amides is 2. The van der Waals surface area contributed by atoms with Gasteiger partial charge in [0.1, 0.15) is 0 Å². The van der Waals surface area contributed by atoms with Crippen molar-refractivity contribution < 1.29 is 14.3 Å². The van der Waals surface area contributed by atoms with Crippen LogP contribution in [0.15, 0.2) is 54.6 Å². The van der Waals surface area contributed by atoms with Crippen LogP contribution in [0.1, 0.15) is 31.7 Å². The van der Waals surface area contributed by atoms with E-state index >= 15 is 0 Å². The molecule has 2 aliphatic rings. The van der Waals surface area contributed by atoms with E-state index in [-0.39, 0.29) is 11.8 Å². The van der Waals surface area contributed by atoms with Crippen LogP contribution in [-0.2, 0) is 20.7 Å². The molecular weight excluding hydrogens is 388 g/mol. The average Bonchev–Trinajstić information content (AvgIpc) is 3.26. The van der Waals surface area contributed by atoms with Crippen molar-refractivity contribution in [3.05, 3.63) is 60.2 Å². The fourth-order valence-electron chi connectivity index (χ4n) is 4.79. The van der Waals surface area contributed by atoms with Crippen molar-refractivity contribution >= 4 is 11.8 Å². The maximum Gasteiger partial charge on any atom is 0.231 e. The fraction of sp³-hybridized carbons (Fsp3) is 0.462. The van der Waals surface area contributed by atoms with Gasteiger partial charge in [-0.05, 0) is 36.0 Å². The Hall–Kier alpha value is -2.66. The molecule has 0 N–H and O–H groups in total. The van der Waals surface area contributed by atoms with Gasteiger partial charge in [0.15, 0.2) is 0 Å². The Morgan fingerprint density at radius 1 is 0.903 bits per heavy atom. The molecule has 0 unspecified atom stereocenters. The lowest BCUT2D eigenvalue weighted by molar-refractivity contribution is -0.146. The van der Waals surface area contributed by atoms with Crippen LogP contribution in [0.25, 0.3) is 11.1 Å². The van der Waals surface area contributed by atoms with E-state index in [0.29, 0.717) is 52.2 Å². The second kappa shape index (κ2) is 9.65. The molecule has 0 saturated carbocycles. The molecule has 31 heavy (non-hydrogen) atoms. The number of carbonyl (C=O) groups excluding carboxylic acids is 2. The molecular formula is C26H32N2O3. The van der Waals surface area contributed by atoms with Crippen molar-refractivity contribution in [3.63, 3.8) is 0 Å². The lowest BCUT2D eigenvalue weighted by Gasteiger charge is -2.36. The van der Waals surface area contributed by atoms with E-state index in [4.69, 9.17) is 4.74 Å². The van der Waals surface area contributed by atoms with Crippen molar-refractivity contribution in [1.82, 2.24) is 9.80 Å². The Bertz CT molecular complexity index is 891. The van der Waals surface area contributed by atoms with Crippen LogP contribution in [0.3, 0.4) is 0 Å². The van der Waals surface area contributed by atoms with Gasteiger partial charge in [-0.3, -0.25) is 9.59 Å². The first-order chi connectivity index (χ1) is 15.1. The predicted molar refractivity (Wildman–Crippen MR) is 122 cm³/mol. The molecule has 4 rings (SSSR count). The Balaban J connectivity index is 1.56. The normalized spacial score (nSPS) is 21.3. The van der Waals surface area contributed by atoms with Gasteiger partial charge in [0.2, 0.25) is 11.8 Å². The van der Waals surface area contributed by atoms with Gasteiger partial charge in [0.05, 0.1) is 18.6 Å². The number of nitrogens with zero attached hydrogens (tertiary/aromatic N) is 2. The summed E-state index contributed by atoms with van der Waals surface area (Å²) < 4.78 is 5.45. The first-order valence-corrected chi connectivity index (χ1v) is 11.4. The van der Waals surface area contributed by atoms with Crippen molar-refractivity contribution in [2.24, 2.45) is 5.41 Å². The number of carbonyl (C=O) groups is 2. The van der Waals surface area contributed by atoms with E-state index in [0.717, 1.165) is 18.4 Å². The number of rotatable bonds is 6. The highest BCUT2D eigenvalue weighted by Crippen LogP contribution is 2.37. The SMILES string of the molecule is CCCC(=O)N1CC[C@@](Cc2ccc(-c3ccccc3)cc2)(C(=O)N2CCOCC2)C1. The summed E-state index contributed by atoms with van der Waals surface area (Å²) in [5, 5.41) is 0.